The molecule has 98 valence electrons. The molecule has 0 heterocycles. The summed E-state index contributed by atoms with van der Waals surface area (Å²) in [5.41, 5.74) is 1.39. The Morgan fingerprint density at radius 1 is 1.33 bits per heavy atom. The highest BCUT2D eigenvalue weighted by atomic mass is 35.5. The van der Waals surface area contributed by atoms with Crippen LogP contribution in [0, 0.1) is 5.41 Å². The minimum absolute atomic E-state index is 0.149. The minimum Gasteiger partial charge on any atom is -0.356 e. The first-order valence-electron chi connectivity index (χ1n) is 6.26. The third kappa shape index (κ3) is 3.92. The zero-order chi connectivity index (χ0) is 13.0. The molecule has 0 aromatic heterocycles. The molecule has 1 aliphatic rings. The molecule has 0 unspecified atom stereocenters. The summed E-state index contributed by atoms with van der Waals surface area (Å²) in [7, 11) is 0. The van der Waals surface area contributed by atoms with Gasteiger partial charge in [-0.2, -0.15) is 12.6 Å². The average Bonchev–Trinajstić information content (AvgIpc) is 3.12. The van der Waals surface area contributed by atoms with Crippen LogP contribution in [0.4, 0.5) is 0 Å². The first-order chi connectivity index (χ1) is 8.63. The maximum atomic E-state index is 11.7. The van der Waals surface area contributed by atoms with Crippen molar-refractivity contribution in [2.45, 2.75) is 25.7 Å². The van der Waals surface area contributed by atoms with Gasteiger partial charge in [-0.25, -0.2) is 0 Å². The quantitative estimate of drug-likeness (QED) is 0.772. The van der Waals surface area contributed by atoms with Gasteiger partial charge in [0, 0.05) is 18.0 Å². The molecule has 1 aromatic rings. The Morgan fingerprint density at radius 2 is 2.00 bits per heavy atom. The Labute approximate surface area is 119 Å². The van der Waals surface area contributed by atoms with E-state index in [0.29, 0.717) is 13.0 Å². The second kappa shape index (κ2) is 5.98. The van der Waals surface area contributed by atoms with Crippen LogP contribution in [0.15, 0.2) is 24.3 Å². The predicted molar refractivity (Wildman–Crippen MR) is 78.3 cm³/mol. The maximum Gasteiger partial charge on any atom is 0.220 e. The van der Waals surface area contributed by atoms with Crippen LogP contribution in [0.5, 0.6) is 0 Å². The predicted octanol–water partition coefficient (Wildman–Crippen LogP) is 3.10. The standard InChI is InChI=1S/C14H18ClNOS/c15-12-3-1-11(2-4-12)5-8-16-13(17)9-14(10-18)6-7-14/h1-4,18H,5-10H2,(H,16,17). The van der Waals surface area contributed by atoms with E-state index < -0.39 is 0 Å². The summed E-state index contributed by atoms with van der Waals surface area (Å²) in [6.45, 7) is 0.684. The number of carbonyl (C=O) groups excluding carboxylic acids is 1. The Hall–Kier alpha value is -0.670. The second-order valence-electron chi connectivity index (χ2n) is 5.06. The zero-order valence-corrected chi connectivity index (χ0v) is 11.9. The fourth-order valence-corrected chi connectivity index (χ4v) is 2.52. The Balaban J connectivity index is 1.69. The average molecular weight is 284 g/mol. The number of amides is 1. The molecule has 2 nitrogen and oxygen atoms in total. The lowest BCUT2D eigenvalue weighted by atomic mass is 10.1. The topological polar surface area (TPSA) is 29.1 Å². The van der Waals surface area contributed by atoms with E-state index in [1.54, 1.807) is 0 Å². The molecule has 1 N–H and O–H groups in total. The van der Waals surface area contributed by atoms with Gasteiger partial charge in [-0.15, -0.1) is 0 Å². The Morgan fingerprint density at radius 3 is 2.56 bits per heavy atom. The third-order valence-corrected chi connectivity index (χ3v) is 4.40. The fourth-order valence-electron chi connectivity index (χ4n) is 1.97. The molecule has 0 atom stereocenters. The van der Waals surface area contributed by atoms with Crippen molar-refractivity contribution in [2.75, 3.05) is 12.3 Å². The molecular weight excluding hydrogens is 266 g/mol. The van der Waals surface area contributed by atoms with E-state index in [1.807, 2.05) is 24.3 Å². The van der Waals surface area contributed by atoms with Gasteiger partial charge in [0.15, 0.2) is 0 Å². The number of hydrogen-bond donors (Lipinski definition) is 2. The van der Waals surface area contributed by atoms with Gasteiger partial charge in [0.25, 0.3) is 0 Å². The molecule has 18 heavy (non-hydrogen) atoms. The van der Waals surface area contributed by atoms with Crippen molar-refractivity contribution < 1.29 is 4.79 Å². The van der Waals surface area contributed by atoms with Gasteiger partial charge in [0.1, 0.15) is 0 Å². The van der Waals surface area contributed by atoms with E-state index in [1.165, 1.54) is 5.56 Å². The molecule has 0 radical (unpaired) electrons. The molecule has 0 bridgehead atoms. The lowest BCUT2D eigenvalue weighted by Gasteiger charge is -2.11. The van der Waals surface area contributed by atoms with Crippen LogP contribution < -0.4 is 5.32 Å². The smallest absolute Gasteiger partial charge is 0.220 e. The van der Waals surface area contributed by atoms with Gasteiger partial charge in [-0.05, 0) is 48.1 Å². The summed E-state index contributed by atoms with van der Waals surface area (Å²) >= 11 is 10.1. The van der Waals surface area contributed by atoms with Gasteiger partial charge in [0.05, 0.1) is 0 Å². The van der Waals surface area contributed by atoms with E-state index >= 15 is 0 Å². The summed E-state index contributed by atoms with van der Waals surface area (Å²) in [5.74, 6) is 0.966. The number of rotatable bonds is 6. The first kappa shape index (κ1) is 13.8. The van der Waals surface area contributed by atoms with Gasteiger partial charge >= 0.3 is 0 Å². The van der Waals surface area contributed by atoms with Crippen molar-refractivity contribution in [1.29, 1.82) is 0 Å². The molecule has 0 saturated heterocycles. The largest absolute Gasteiger partial charge is 0.356 e. The first-order valence-corrected chi connectivity index (χ1v) is 7.27. The highest BCUT2D eigenvalue weighted by Gasteiger charge is 2.42. The van der Waals surface area contributed by atoms with Gasteiger partial charge < -0.3 is 5.32 Å². The molecular formula is C14H18ClNOS. The lowest BCUT2D eigenvalue weighted by Crippen LogP contribution is -2.28. The number of carbonyl (C=O) groups is 1. The van der Waals surface area contributed by atoms with Crippen molar-refractivity contribution in [3.8, 4) is 0 Å². The van der Waals surface area contributed by atoms with Crippen molar-refractivity contribution in [3.63, 3.8) is 0 Å². The van der Waals surface area contributed by atoms with Crippen LogP contribution in [0.2, 0.25) is 5.02 Å². The zero-order valence-electron chi connectivity index (χ0n) is 10.3. The summed E-state index contributed by atoms with van der Waals surface area (Å²) in [5, 5.41) is 3.71. The van der Waals surface area contributed by atoms with Gasteiger partial charge in [-0.1, -0.05) is 23.7 Å². The number of hydrogen-bond acceptors (Lipinski definition) is 2. The summed E-state index contributed by atoms with van der Waals surface area (Å²) in [6.07, 6.45) is 3.75. The second-order valence-corrected chi connectivity index (χ2v) is 5.81. The van der Waals surface area contributed by atoms with E-state index in [0.717, 1.165) is 30.0 Å². The van der Waals surface area contributed by atoms with Crippen LogP contribution >= 0.6 is 24.2 Å². The van der Waals surface area contributed by atoms with E-state index in [-0.39, 0.29) is 11.3 Å². The van der Waals surface area contributed by atoms with Gasteiger partial charge in [-0.3, -0.25) is 4.79 Å². The van der Waals surface area contributed by atoms with Crippen LogP contribution in [-0.2, 0) is 11.2 Å². The van der Waals surface area contributed by atoms with E-state index in [2.05, 4.69) is 17.9 Å². The molecule has 0 aliphatic heterocycles. The number of halogens is 1. The third-order valence-electron chi connectivity index (χ3n) is 3.48. The van der Waals surface area contributed by atoms with Crippen LogP contribution in [-0.4, -0.2) is 18.2 Å². The monoisotopic (exact) mass is 283 g/mol. The summed E-state index contributed by atoms with van der Waals surface area (Å²) in [6, 6.07) is 7.73. The van der Waals surface area contributed by atoms with Gasteiger partial charge in [0.2, 0.25) is 5.91 Å². The van der Waals surface area contributed by atoms with Crippen LogP contribution in [0.3, 0.4) is 0 Å². The maximum absolute atomic E-state index is 11.7. The number of thiol groups is 1. The van der Waals surface area contributed by atoms with Crippen molar-refractivity contribution in [1.82, 2.24) is 5.32 Å². The number of nitrogens with one attached hydrogen (secondary N) is 1. The van der Waals surface area contributed by atoms with E-state index in [9.17, 15) is 4.79 Å². The minimum atomic E-state index is 0.149. The Bertz CT molecular complexity index is 414. The SMILES string of the molecule is O=C(CC1(CS)CC1)NCCc1ccc(Cl)cc1. The van der Waals surface area contributed by atoms with Crippen LogP contribution in [0.25, 0.3) is 0 Å². The molecule has 4 heteroatoms. The molecule has 0 spiro atoms. The molecule has 1 amide bonds. The molecule has 2 rings (SSSR count). The molecule has 1 aromatic carbocycles. The van der Waals surface area contributed by atoms with Crippen molar-refractivity contribution in [2.24, 2.45) is 5.41 Å². The van der Waals surface area contributed by atoms with E-state index in [4.69, 9.17) is 11.6 Å². The highest BCUT2D eigenvalue weighted by molar-refractivity contribution is 7.80. The Kier molecular flexibility index (Phi) is 4.57. The van der Waals surface area contributed by atoms with Crippen LogP contribution in [0.1, 0.15) is 24.8 Å². The van der Waals surface area contributed by atoms with Crippen molar-refractivity contribution >= 4 is 30.1 Å². The molecule has 1 aliphatic carbocycles. The summed E-state index contributed by atoms with van der Waals surface area (Å²) < 4.78 is 0. The summed E-state index contributed by atoms with van der Waals surface area (Å²) in [4.78, 5) is 11.7. The lowest BCUT2D eigenvalue weighted by molar-refractivity contribution is -0.122. The fraction of sp³-hybridized carbons (Fsp3) is 0.500. The van der Waals surface area contributed by atoms with Crippen molar-refractivity contribution in [3.05, 3.63) is 34.9 Å². The highest BCUT2D eigenvalue weighted by Crippen LogP contribution is 2.49. The normalized spacial score (nSPS) is 16.3. The molecule has 1 fully saturated rings. The number of benzene rings is 1. The molecule has 1 saturated carbocycles.